The van der Waals surface area contributed by atoms with Gasteiger partial charge < -0.3 is 5.32 Å². The van der Waals surface area contributed by atoms with E-state index in [1.165, 1.54) is 36.4 Å². The fourth-order valence-corrected chi connectivity index (χ4v) is 6.34. The van der Waals surface area contributed by atoms with Gasteiger partial charge in [0.25, 0.3) is 20.2 Å². The van der Waals surface area contributed by atoms with Crippen LogP contribution in [0.2, 0.25) is 5.02 Å². The third kappa shape index (κ3) is 8.23. The van der Waals surface area contributed by atoms with Crippen LogP contribution in [-0.4, -0.2) is 41.2 Å². The molecule has 5 aromatic rings. The molecule has 1 aromatic heterocycles. The van der Waals surface area contributed by atoms with E-state index in [9.17, 15) is 34.7 Å². The quantitative estimate of drug-likeness (QED) is 0.0187. The normalized spacial score (nSPS) is 12.4. The van der Waals surface area contributed by atoms with Crippen LogP contribution in [0.5, 0.6) is 0 Å². The predicted octanol–water partition coefficient (Wildman–Crippen LogP) is 8.67. The fraction of sp³-hybridized carbons (Fsp3) is 0.0714. The number of azo groups is 2. The Morgan fingerprint density at radius 3 is 2.04 bits per heavy atom. The molecule has 50 heavy (non-hydrogen) atoms. The summed E-state index contributed by atoms with van der Waals surface area (Å²) in [4.78, 5) is 5.47. The third-order valence-electron chi connectivity index (χ3n) is 6.71. The van der Waals surface area contributed by atoms with E-state index in [0.29, 0.717) is 34.5 Å². The second-order valence-electron chi connectivity index (χ2n) is 10.0. The lowest BCUT2D eigenvalue weighted by Gasteiger charge is -2.14. The standard InChI is InChI=1S/C28H20ClF2N7O9S3/c1-13-11-20(37-38-21-12-15(48-47-46-39)6-9-22(21)49(40,41)42)14(2)10-19(13)36-35-17-7-8-18(32-27-25(29)26(30)33-28(31)34-27)24-16(17)4-3-5-23(24)50(43,44)45/h3-12,39H,1-2H3,(H,32,33,34)(H,40,41,42)(H,43,44,45). The van der Waals surface area contributed by atoms with Gasteiger partial charge >= 0.3 is 6.08 Å². The van der Waals surface area contributed by atoms with E-state index < -0.39 is 52.9 Å². The van der Waals surface area contributed by atoms with Crippen LogP contribution in [0.15, 0.2) is 95.8 Å². The van der Waals surface area contributed by atoms with Crippen molar-refractivity contribution >= 4 is 88.9 Å². The van der Waals surface area contributed by atoms with Crippen LogP contribution in [-0.2, 0) is 29.6 Å². The Hall–Kier alpha value is -4.58. The summed E-state index contributed by atoms with van der Waals surface area (Å²) >= 11 is 6.42. The SMILES string of the molecule is Cc1cc(N=Nc2ccc(Nc3nc(F)nc(F)c3Cl)c3c(S(=O)(=O)O)cccc23)c(C)cc1N=Nc1cc(SOOO)ccc1S(=O)(=O)O. The van der Waals surface area contributed by atoms with Crippen molar-refractivity contribution in [2.45, 2.75) is 28.5 Å². The molecule has 0 amide bonds. The summed E-state index contributed by atoms with van der Waals surface area (Å²) in [6, 6.07) is 13.4. The number of hydrogen-bond donors (Lipinski definition) is 4. The first-order chi connectivity index (χ1) is 23.6. The molecule has 0 saturated heterocycles. The van der Waals surface area contributed by atoms with Crippen LogP contribution in [0.25, 0.3) is 10.8 Å². The van der Waals surface area contributed by atoms with Gasteiger partial charge in [-0.15, -0.1) is 14.6 Å². The summed E-state index contributed by atoms with van der Waals surface area (Å²) in [6.07, 6.45) is -1.44. The highest BCUT2D eigenvalue weighted by atomic mass is 35.5. The molecule has 0 aliphatic heterocycles. The lowest BCUT2D eigenvalue weighted by atomic mass is 10.1. The molecule has 22 heteroatoms. The molecule has 0 aliphatic carbocycles. The predicted molar refractivity (Wildman–Crippen MR) is 175 cm³/mol. The summed E-state index contributed by atoms with van der Waals surface area (Å²) in [6.45, 7) is 3.33. The van der Waals surface area contributed by atoms with Crippen molar-refractivity contribution in [3.63, 3.8) is 0 Å². The van der Waals surface area contributed by atoms with Gasteiger partial charge in [0, 0.05) is 21.4 Å². The number of anilines is 2. The van der Waals surface area contributed by atoms with Crippen molar-refractivity contribution in [1.82, 2.24) is 9.97 Å². The minimum atomic E-state index is -4.83. The molecule has 0 bridgehead atoms. The van der Waals surface area contributed by atoms with Crippen molar-refractivity contribution in [3.8, 4) is 0 Å². The molecule has 1 heterocycles. The number of aryl methyl sites for hydroxylation is 2. The second kappa shape index (κ2) is 14.7. The highest BCUT2D eigenvalue weighted by Gasteiger charge is 2.21. The van der Waals surface area contributed by atoms with Crippen LogP contribution in [0.3, 0.4) is 0 Å². The second-order valence-corrected chi connectivity index (χ2v) is 13.9. The third-order valence-corrected chi connectivity index (χ3v) is 9.42. The van der Waals surface area contributed by atoms with Gasteiger partial charge in [0.15, 0.2) is 5.82 Å². The van der Waals surface area contributed by atoms with E-state index in [2.05, 4.69) is 45.1 Å². The summed E-state index contributed by atoms with van der Waals surface area (Å²) in [5.41, 5.74) is 1.53. The summed E-state index contributed by atoms with van der Waals surface area (Å²) < 4.78 is 100. The largest absolute Gasteiger partial charge is 0.338 e. The first kappa shape index (κ1) is 36.7. The van der Waals surface area contributed by atoms with Crippen LogP contribution in [0.1, 0.15) is 11.1 Å². The first-order valence-electron chi connectivity index (χ1n) is 13.5. The summed E-state index contributed by atoms with van der Waals surface area (Å²) in [5.74, 6) is -1.87. The molecule has 4 aromatic carbocycles. The summed E-state index contributed by atoms with van der Waals surface area (Å²) in [5, 5.41) is 30.5. The Labute approximate surface area is 290 Å². The molecule has 0 radical (unpaired) electrons. The van der Waals surface area contributed by atoms with E-state index in [1.54, 1.807) is 26.0 Å². The van der Waals surface area contributed by atoms with Gasteiger partial charge in [-0.2, -0.15) is 45.8 Å². The number of halogens is 3. The van der Waals surface area contributed by atoms with Gasteiger partial charge in [-0.25, -0.2) is 5.26 Å². The van der Waals surface area contributed by atoms with Crippen LogP contribution < -0.4 is 5.32 Å². The van der Waals surface area contributed by atoms with Gasteiger partial charge in [-0.3, -0.25) is 9.11 Å². The number of nitrogens with one attached hydrogen (secondary N) is 1. The Morgan fingerprint density at radius 1 is 0.800 bits per heavy atom. The van der Waals surface area contributed by atoms with Gasteiger partial charge in [-0.05, 0) is 73.5 Å². The zero-order valence-electron chi connectivity index (χ0n) is 25.1. The van der Waals surface area contributed by atoms with E-state index in [0.717, 1.165) is 12.1 Å². The Balaban J connectivity index is 1.52. The highest BCUT2D eigenvalue weighted by Crippen LogP contribution is 2.40. The smallest absolute Gasteiger partial charge is 0.313 e. The number of benzene rings is 4. The average molecular weight is 768 g/mol. The highest BCUT2D eigenvalue weighted by molar-refractivity contribution is 7.94. The fourth-order valence-electron chi connectivity index (χ4n) is 4.49. The summed E-state index contributed by atoms with van der Waals surface area (Å²) in [7, 11) is -9.52. The zero-order valence-corrected chi connectivity index (χ0v) is 28.3. The maximum Gasteiger partial charge on any atom is 0.313 e. The molecule has 4 N–H and O–H groups in total. The maximum atomic E-state index is 14.0. The first-order valence-corrected chi connectivity index (χ1v) is 17.5. The van der Waals surface area contributed by atoms with Crippen molar-refractivity contribution in [2.75, 3.05) is 5.32 Å². The Morgan fingerprint density at radius 2 is 1.42 bits per heavy atom. The zero-order chi connectivity index (χ0) is 36.4. The molecule has 5 rings (SSSR count). The topological polar surface area (TPSA) is 235 Å². The molecule has 0 aliphatic rings. The Kier molecular flexibility index (Phi) is 10.8. The van der Waals surface area contributed by atoms with E-state index in [4.69, 9.17) is 16.9 Å². The molecule has 260 valence electrons. The number of hydrogen-bond acceptors (Lipinski definition) is 15. The molecular weight excluding hydrogens is 748 g/mol. The van der Waals surface area contributed by atoms with Crippen molar-refractivity contribution in [1.29, 1.82) is 0 Å². The molecule has 0 unspecified atom stereocenters. The molecule has 0 spiro atoms. The van der Waals surface area contributed by atoms with Gasteiger partial charge in [0.1, 0.15) is 20.5 Å². The minimum Gasteiger partial charge on any atom is -0.338 e. The van der Waals surface area contributed by atoms with Gasteiger partial charge in [0.05, 0.1) is 29.1 Å². The lowest BCUT2D eigenvalue weighted by molar-refractivity contribution is -0.432. The van der Waals surface area contributed by atoms with Crippen LogP contribution in [0, 0.1) is 25.9 Å². The molecule has 0 atom stereocenters. The van der Waals surface area contributed by atoms with Gasteiger partial charge in [0.2, 0.25) is 5.95 Å². The number of aromatic nitrogens is 2. The van der Waals surface area contributed by atoms with E-state index >= 15 is 0 Å². The number of fused-ring (bicyclic) bond motifs is 1. The van der Waals surface area contributed by atoms with Gasteiger partial charge in [-0.1, -0.05) is 28.8 Å². The molecule has 0 fully saturated rings. The minimum absolute atomic E-state index is 0.0520. The van der Waals surface area contributed by atoms with Crippen molar-refractivity contribution < 1.29 is 49.4 Å². The lowest BCUT2D eigenvalue weighted by Crippen LogP contribution is -2.05. The molecular formula is C28H20ClF2N7O9S3. The number of rotatable bonds is 11. The van der Waals surface area contributed by atoms with Crippen molar-refractivity contribution in [2.24, 2.45) is 20.5 Å². The monoisotopic (exact) mass is 767 g/mol. The van der Waals surface area contributed by atoms with Crippen molar-refractivity contribution in [3.05, 3.63) is 88.8 Å². The van der Waals surface area contributed by atoms with E-state index in [-0.39, 0.29) is 32.7 Å². The van der Waals surface area contributed by atoms with Crippen LogP contribution in [0.4, 0.5) is 43.0 Å². The molecule has 16 nitrogen and oxygen atoms in total. The van der Waals surface area contributed by atoms with Crippen LogP contribution >= 0.6 is 23.6 Å². The maximum absolute atomic E-state index is 14.0. The average Bonchev–Trinajstić information content (AvgIpc) is 3.04. The number of nitrogens with zero attached hydrogens (tertiary/aromatic N) is 6. The Bertz CT molecular complexity index is 2440. The molecule has 0 saturated carbocycles. The van der Waals surface area contributed by atoms with E-state index in [1.807, 2.05) is 0 Å².